The van der Waals surface area contributed by atoms with Gasteiger partial charge in [0, 0.05) is 31.5 Å². The molecule has 0 aliphatic carbocycles. The van der Waals surface area contributed by atoms with Gasteiger partial charge in [-0.05, 0) is 50.9 Å². The lowest BCUT2D eigenvalue weighted by atomic mass is 9.98. The first-order valence-corrected chi connectivity index (χ1v) is 8.76. The second kappa shape index (κ2) is 7.31. The molecule has 1 aromatic rings. The molecule has 1 fully saturated rings. The Morgan fingerprint density at radius 3 is 2.62 bits per heavy atom. The molecule has 7 heteroatoms. The first kappa shape index (κ1) is 16.4. The minimum Gasteiger partial charge on any atom is -0.319 e. The van der Waals surface area contributed by atoms with Gasteiger partial charge in [0.2, 0.25) is 0 Å². The van der Waals surface area contributed by atoms with Crippen molar-refractivity contribution in [3.8, 4) is 0 Å². The van der Waals surface area contributed by atoms with Crippen molar-refractivity contribution in [2.24, 2.45) is 5.92 Å². The van der Waals surface area contributed by atoms with Crippen molar-refractivity contribution in [1.82, 2.24) is 19.3 Å². The van der Waals surface area contributed by atoms with Gasteiger partial charge in [0.15, 0.2) is 0 Å². The van der Waals surface area contributed by atoms with E-state index in [2.05, 4.69) is 15.0 Å². The second-order valence-electron chi connectivity index (χ2n) is 5.53. The van der Waals surface area contributed by atoms with E-state index >= 15 is 0 Å². The Morgan fingerprint density at radius 2 is 2.05 bits per heavy atom. The van der Waals surface area contributed by atoms with E-state index in [1.165, 1.54) is 0 Å². The lowest BCUT2D eigenvalue weighted by molar-refractivity contribution is 0.268. The Balaban J connectivity index is 1.86. The van der Waals surface area contributed by atoms with E-state index in [9.17, 15) is 8.42 Å². The maximum absolute atomic E-state index is 12.3. The molecule has 1 aliphatic heterocycles. The summed E-state index contributed by atoms with van der Waals surface area (Å²) in [5.41, 5.74) is 1.79. The van der Waals surface area contributed by atoms with Gasteiger partial charge in [-0.1, -0.05) is 6.07 Å². The van der Waals surface area contributed by atoms with Crippen LogP contribution in [0.5, 0.6) is 0 Å². The van der Waals surface area contributed by atoms with E-state index in [0.717, 1.165) is 30.6 Å². The van der Waals surface area contributed by atoms with E-state index in [1.807, 2.05) is 26.1 Å². The predicted molar refractivity (Wildman–Crippen MR) is 83.0 cm³/mol. The van der Waals surface area contributed by atoms with Crippen molar-refractivity contribution in [2.45, 2.75) is 26.3 Å². The zero-order chi connectivity index (χ0) is 15.3. The molecule has 0 radical (unpaired) electrons. The van der Waals surface area contributed by atoms with Crippen LogP contribution >= 0.6 is 0 Å². The van der Waals surface area contributed by atoms with E-state index < -0.39 is 10.2 Å². The zero-order valence-corrected chi connectivity index (χ0v) is 13.5. The summed E-state index contributed by atoms with van der Waals surface area (Å²) >= 11 is 0. The molecule has 6 nitrogen and oxygen atoms in total. The molecule has 0 amide bonds. The highest BCUT2D eigenvalue weighted by molar-refractivity contribution is 7.87. The number of hydrogen-bond acceptors (Lipinski definition) is 4. The standard InChI is InChI=1S/C14H24N4O2S/c1-12-3-4-14(10-16-12)11-17-21(19,20)18-7-5-13(6-8-18)9-15-2/h3-4,10,13,15,17H,5-9,11H2,1-2H3. The molecule has 118 valence electrons. The molecular weight excluding hydrogens is 288 g/mol. The third-order valence-electron chi connectivity index (χ3n) is 3.84. The Morgan fingerprint density at radius 1 is 1.33 bits per heavy atom. The SMILES string of the molecule is CNCC1CCN(S(=O)(=O)NCc2ccc(C)nc2)CC1. The Bertz CT molecular complexity index is 537. The molecule has 2 N–H and O–H groups in total. The fourth-order valence-corrected chi connectivity index (χ4v) is 3.73. The third-order valence-corrected chi connectivity index (χ3v) is 5.39. The molecule has 21 heavy (non-hydrogen) atoms. The molecule has 0 atom stereocenters. The van der Waals surface area contributed by atoms with E-state index in [-0.39, 0.29) is 6.54 Å². The van der Waals surface area contributed by atoms with E-state index in [1.54, 1.807) is 10.5 Å². The number of nitrogens with one attached hydrogen (secondary N) is 2. The van der Waals surface area contributed by atoms with Gasteiger partial charge in [-0.25, -0.2) is 0 Å². The minimum atomic E-state index is -3.39. The van der Waals surface area contributed by atoms with Crippen molar-refractivity contribution >= 4 is 10.2 Å². The summed E-state index contributed by atoms with van der Waals surface area (Å²) in [7, 11) is -1.46. The number of nitrogens with zero attached hydrogens (tertiary/aromatic N) is 2. The largest absolute Gasteiger partial charge is 0.319 e. The van der Waals surface area contributed by atoms with Crippen LogP contribution in [0.15, 0.2) is 18.3 Å². The average molecular weight is 312 g/mol. The Kier molecular flexibility index (Phi) is 5.69. The van der Waals surface area contributed by atoms with Crippen LogP contribution < -0.4 is 10.0 Å². The van der Waals surface area contributed by atoms with Gasteiger partial charge in [0.1, 0.15) is 0 Å². The van der Waals surface area contributed by atoms with Crippen molar-refractivity contribution in [3.05, 3.63) is 29.6 Å². The summed E-state index contributed by atoms with van der Waals surface area (Å²) in [6.07, 6.45) is 3.53. The molecule has 1 aliphatic rings. The Labute approximate surface area is 127 Å². The van der Waals surface area contributed by atoms with Crippen LogP contribution in [-0.4, -0.2) is 44.4 Å². The van der Waals surface area contributed by atoms with Crippen LogP contribution in [0.3, 0.4) is 0 Å². The topological polar surface area (TPSA) is 74.3 Å². The number of aromatic nitrogens is 1. The van der Waals surface area contributed by atoms with Gasteiger partial charge >= 0.3 is 0 Å². The van der Waals surface area contributed by atoms with Crippen LogP contribution in [0.25, 0.3) is 0 Å². The molecule has 2 heterocycles. The van der Waals surface area contributed by atoms with Gasteiger partial charge in [0.25, 0.3) is 10.2 Å². The van der Waals surface area contributed by atoms with Crippen LogP contribution in [0.4, 0.5) is 0 Å². The summed E-state index contributed by atoms with van der Waals surface area (Å²) in [6, 6.07) is 3.77. The van der Waals surface area contributed by atoms with Crippen LogP contribution in [0, 0.1) is 12.8 Å². The van der Waals surface area contributed by atoms with Gasteiger partial charge < -0.3 is 5.32 Å². The normalized spacial score (nSPS) is 18.0. The highest BCUT2D eigenvalue weighted by Gasteiger charge is 2.27. The smallest absolute Gasteiger partial charge is 0.279 e. The predicted octanol–water partition coefficient (Wildman–Crippen LogP) is 0.656. The van der Waals surface area contributed by atoms with Crippen LogP contribution in [0.2, 0.25) is 0 Å². The molecule has 0 spiro atoms. The molecule has 0 saturated carbocycles. The summed E-state index contributed by atoms with van der Waals surface area (Å²) < 4.78 is 28.7. The number of piperidine rings is 1. The van der Waals surface area contributed by atoms with E-state index in [4.69, 9.17) is 0 Å². The van der Waals surface area contributed by atoms with Gasteiger partial charge in [-0.2, -0.15) is 17.4 Å². The molecular formula is C14H24N4O2S. The monoisotopic (exact) mass is 312 g/mol. The quantitative estimate of drug-likeness (QED) is 0.809. The van der Waals surface area contributed by atoms with Crippen LogP contribution in [0.1, 0.15) is 24.1 Å². The highest BCUT2D eigenvalue weighted by atomic mass is 32.2. The number of hydrogen-bond donors (Lipinski definition) is 2. The minimum absolute atomic E-state index is 0.284. The zero-order valence-electron chi connectivity index (χ0n) is 12.7. The van der Waals surface area contributed by atoms with Gasteiger partial charge in [-0.3, -0.25) is 4.98 Å². The van der Waals surface area contributed by atoms with E-state index in [0.29, 0.717) is 19.0 Å². The third kappa shape index (κ3) is 4.74. The van der Waals surface area contributed by atoms with Crippen LogP contribution in [-0.2, 0) is 16.8 Å². The molecule has 1 saturated heterocycles. The maximum Gasteiger partial charge on any atom is 0.279 e. The van der Waals surface area contributed by atoms with Crippen molar-refractivity contribution in [3.63, 3.8) is 0 Å². The Hall–Kier alpha value is -1.02. The highest BCUT2D eigenvalue weighted by Crippen LogP contribution is 2.18. The summed E-state index contributed by atoms with van der Waals surface area (Å²) in [6.45, 7) is 4.33. The number of rotatable bonds is 6. The summed E-state index contributed by atoms with van der Waals surface area (Å²) in [5.74, 6) is 0.572. The molecule has 0 unspecified atom stereocenters. The van der Waals surface area contributed by atoms with Crippen molar-refractivity contribution in [1.29, 1.82) is 0 Å². The number of pyridine rings is 1. The van der Waals surface area contributed by atoms with Gasteiger partial charge in [-0.15, -0.1) is 0 Å². The second-order valence-corrected chi connectivity index (χ2v) is 7.29. The molecule has 0 bridgehead atoms. The molecule has 1 aromatic heterocycles. The lowest BCUT2D eigenvalue weighted by Crippen LogP contribution is -2.45. The molecule has 2 rings (SSSR count). The first-order valence-electron chi connectivity index (χ1n) is 7.32. The van der Waals surface area contributed by atoms with Crippen molar-refractivity contribution in [2.75, 3.05) is 26.7 Å². The summed E-state index contributed by atoms with van der Waals surface area (Å²) in [4.78, 5) is 4.17. The fourth-order valence-electron chi connectivity index (χ4n) is 2.51. The fraction of sp³-hybridized carbons (Fsp3) is 0.643. The van der Waals surface area contributed by atoms with Gasteiger partial charge in [0.05, 0.1) is 0 Å². The average Bonchev–Trinajstić information content (AvgIpc) is 2.48. The summed E-state index contributed by atoms with van der Waals surface area (Å²) in [5, 5.41) is 3.15. The molecule has 0 aromatic carbocycles. The lowest BCUT2D eigenvalue weighted by Gasteiger charge is -2.31. The maximum atomic E-state index is 12.3. The first-order chi connectivity index (χ1) is 10.0. The van der Waals surface area contributed by atoms with Crippen molar-refractivity contribution < 1.29 is 8.42 Å². The number of aryl methyl sites for hydroxylation is 1.